The maximum absolute atomic E-state index is 15.3. The average molecular weight is 1120 g/mol. The molecule has 1 heterocycles. The van der Waals surface area contributed by atoms with E-state index in [0.29, 0.717) is 23.6 Å². The lowest BCUT2D eigenvalue weighted by molar-refractivity contribution is -0.130. The van der Waals surface area contributed by atoms with Gasteiger partial charge in [0.15, 0.2) is 14.1 Å². The van der Waals surface area contributed by atoms with Crippen molar-refractivity contribution in [2.24, 2.45) is 5.92 Å². The molecule has 428 valence electrons. The van der Waals surface area contributed by atoms with Crippen LogP contribution in [-0.2, 0) is 18.8 Å². The Morgan fingerprint density at radius 3 is 1.80 bits per heavy atom. The van der Waals surface area contributed by atoms with Crippen LogP contribution in [0.15, 0.2) is 91.1 Å². The number of amides is 5. The number of anilines is 2. The lowest BCUT2D eigenvalue weighted by atomic mass is 9.94. The van der Waals surface area contributed by atoms with Gasteiger partial charge in [-0.2, -0.15) is 0 Å². The van der Waals surface area contributed by atoms with Crippen LogP contribution in [0.25, 0.3) is 16.7 Å². The molecule has 2 aliphatic rings. The van der Waals surface area contributed by atoms with Gasteiger partial charge in [0.2, 0.25) is 11.8 Å². The molecule has 5 amide bonds. The topological polar surface area (TPSA) is 185 Å². The molecule has 4 aromatic rings. The minimum atomic E-state index is -2.55. The Labute approximate surface area is 471 Å². The molecular weight excluding hydrogens is 1030 g/mol. The number of carbonyl (C=O) groups is 5. The number of hydrogen-bond acceptors (Lipinski definition) is 9. The zero-order chi connectivity index (χ0) is 58.7. The highest BCUT2D eigenvalue weighted by Crippen LogP contribution is 2.48. The summed E-state index contributed by atoms with van der Waals surface area (Å²) in [7, 11) is -3.32. The van der Waals surface area contributed by atoms with Crippen LogP contribution in [0.5, 0.6) is 11.5 Å². The Balaban J connectivity index is 1.26. The molecule has 0 saturated carbocycles. The van der Waals surface area contributed by atoms with Crippen LogP contribution in [0.4, 0.5) is 21.0 Å². The predicted molar refractivity (Wildman–Crippen MR) is 320 cm³/mol. The third kappa shape index (κ3) is 13.8. The molecule has 6 rings (SSSR count). The quantitative estimate of drug-likeness (QED) is 0.0621. The van der Waals surface area contributed by atoms with Crippen molar-refractivity contribution in [3.8, 4) is 22.6 Å². The van der Waals surface area contributed by atoms with Crippen LogP contribution >= 0.6 is 0 Å². The maximum atomic E-state index is 15.3. The van der Waals surface area contributed by atoms with Gasteiger partial charge in [0, 0.05) is 30.4 Å². The molecule has 0 spiro atoms. The Morgan fingerprint density at radius 1 is 0.747 bits per heavy atom. The summed E-state index contributed by atoms with van der Waals surface area (Å²) >= 11 is 0. The minimum absolute atomic E-state index is 0.0559. The zero-order valence-electron chi connectivity index (χ0n) is 49.9. The first-order chi connectivity index (χ1) is 36.8. The van der Waals surface area contributed by atoms with Crippen molar-refractivity contribution in [1.29, 1.82) is 0 Å². The molecule has 17 heteroatoms. The van der Waals surface area contributed by atoms with Gasteiger partial charge in [-0.15, -0.1) is 0 Å². The third-order valence-corrected chi connectivity index (χ3v) is 26.6. The number of rotatable bonds is 20. The molecule has 79 heavy (non-hydrogen) atoms. The second-order valence-corrected chi connectivity index (χ2v) is 35.2. The number of ether oxygens (including phenoxy) is 2. The molecule has 15 nitrogen and oxygen atoms in total. The standard InChI is InChI=1S/C62H87N5O10Si2/c1-37(2)55(67(60(72)73)35-51-48-25-21-19-23-46(48)47-24-20-22-26-49(47)51)57(69)63-41(9)56(68)64-44-29-27-42(28-30-44)43-31-45(36-75-78(17,18)62(13,14)15)66(34-43)58(70)50-32-53(74-16)54(33-52(50)65-59(71)76-61(10,11)12)77-79(38(3)4,39(5)6)40(7)8/h19-30,32-34,37-41,45,51,55H,31,35-36H2,1-18H3,(H,63,69)(H,64,68)(H,65,71)(H,72,73). The van der Waals surface area contributed by atoms with Crippen molar-refractivity contribution < 1.29 is 47.4 Å². The summed E-state index contributed by atoms with van der Waals surface area (Å²) in [6.07, 6.45) is 0.313. The predicted octanol–water partition coefficient (Wildman–Crippen LogP) is 14.1. The first kappa shape index (κ1) is 61.8. The Morgan fingerprint density at radius 2 is 1.30 bits per heavy atom. The number of fused-ring (bicyclic) bond motifs is 3. The lowest BCUT2D eigenvalue weighted by Gasteiger charge is -2.42. The second-order valence-electron chi connectivity index (χ2n) is 25.0. The summed E-state index contributed by atoms with van der Waals surface area (Å²) in [5, 5.41) is 19.1. The molecule has 0 bridgehead atoms. The Bertz CT molecular complexity index is 2840. The van der Waals surface area contributed by atoms with Gasteiger partial charge in [-0.25, -0.2) is 9.59 Å². The summed E-state index contributed by atoms with van der Waals surface area (Å²) in [5.41, 5.74) is 6.46. The number of nitrogens with one attached hydrogen (secondary N) is 3. The van der Waals surface area contributed by atoms with Gasteiger partial charge in [-0.1, -0.05) is 137 Å². The van der Waals surface area contributed by atoms with Crippen molar-refractivity contribution in [3.63, 3.8) is 0 Å². The van der Waals surface area contributed by atoms with Crippen LogP contribution < -0.4 is 25.1 Å². The van der Waals surface area contributed by atoms with E-state index in [9.17, 15) is 24.3 Å². The van der Waals surface area contributed by atoms with E-state index in [4.69, 9.17) is 18.3 Å². The van der Waals surface area contributed by atoms with E-state index in [-0.39, 0.29) is 52.0 Å². The van der Waals surface area contributed by atoms with Gasteiger partial charge in [-0.05, 0) is 126 Å². The zero-order valence-corrected chi connectivity index (χ0v) is 51.9. The summed E-state index contributed by atoms with van der Waals surface area (Å²) in [6, 6.07) is 23.9. The number of nitrogens with zero attached hydrogens (tertiary/aromatic N) is 2. The van der Waals surface area contributed by atoms with Gasteiger partial charge in [0.1, 0.15) is 23.4 Å². The van der Waals surface area contributed by atoms with Crippen molar-refractivity contribution >= 4 is 63.5 Å². The molecule has 0 aromatic heterocycles. The van der Waals surface area contributed by atoms with Crippen molar-refractivity contribution in [2.45, 2.75) is 175 Å². The van der Waals surface area contributed by atoms with Crippen molar-refractivity contribution in [2.75, 3.05) is 30.9 Å². The first-order valence-electron chi connectivity index (χ1n) is 27.8. The summed E-state index contributed by atoms with van der Waals surface area (Å²) < 4.78 is 25.7. The number of carboxylic acid groups (broad SMARTS) is 1. The Hall–Kier alpha value is -6.44. The molecule has 3 unspecified atom stereocenters. The van der Waals surface area contributed by atoms with Crippen LogP contribution in [0.1, 0.15) is 143 Å². The molecule has 3 atom stereocenters. The van der Waals surface area contributed by atoms with Gasteiger partial charge >= 0.3 is 12.2 Å². The van der Waals surface area contributed by atoms with Crippen molar-refractivity contribution in [3.05, 3.63) is 113 Å². The fourth-order valence-electron chi connectivity index (χ4n) is 11.1. The van der Waals surface area contributed by atoms with Crippen LogP contribution in [0.3, 0.4) is 0 Å². The van der Waals surface area contributed by atoms with Gasteiger partial charge in [0.25, 0.3) is 14.2 Å². The minimum Gasteiger partial charge on any atom is -0.540 e. The molecule has 4 aromatic carbocycles. The second kappa shape index (κ2) is 24.5. The first-order valence-corrected chi connectivity index (χ1v) is 32.8. The van der Waals surface area contributed by atoms with Crippen LogP contribution in [0, 0.1) is 5.92 Å². The molecule has 4 N–H and O–H groups in total. The smallest absolute Gasteiger partial charge is 0.412 e. The van der Waals surface area contributed by atoms with Gasteiger partial charge < -0.3 is 39.0 Å². The number of methoxy groups -OCH3 is 1. The number of carbonyl (C=O) groups excluding carboxylic acids is 4. The number of benzene rings is 4. The number of hydrogen-bond donors (Lipinski definition) is 4. The summed E-state index contributed by atoms with van der Waals surface area (Å²) in [6.45, 7) is 34.8. The van der Waals surface area contributed by atoms with E-state index >= 15 is 4.79 Å². The van der Waals surface area contributed by atoms with E-state index in [0.717, 1.165) is 33.4 Å². The summed E-state index contributed by atoms with van der Waals surface area (Å²) in [4.78, 5) is 72.7. The molecule has 0 saturated heterocycles. The highest BCUT2D eigenvalue weighted by Gasteiger charge is 2.48. The SMILES string of the molecule is COc1cc(C(=O)N2C=C(c3ccc(NC(=O)C(C)NC(=O)C(C(C)C)N(CC4c5ccccc5-c5ccccc54)C(=O)O)cc3)CC2CO[Si](C)(C)C(C)(C)C)c(NC(=O)OC(C)(C)C)cc1O[Si](C(C)C)(C(C)C)C(C)C. The normalized spacial score (nSPS) is 15.6. The molecule has 0 fully saturated rings. The summed E-state index contributed by atoms with van der Waals surface area (Å²) in [5.74, 6) is -1.35. The van der Waals surface area contributed by atoms with Gasteiger partial charge in [0.05, 0.1) is 31.0 Å². The fraction of sp³-hybridized carbons (Fsp3) is 0.500. The van der Waals surface area contributed by atoms with E-state index in [1.807, 2.05) is 66.9 Å². The van der Waals surface area contributed by atoms with E-state index in [2.05, 4.69) is 91.4 Å². The highest BCUT2D eigenvalue weighted by atomic mass is 28.4. The monoisotopic (exact) mass is 1120 g/mol. The largest absolute Gasteiger partial charge is 0.540 e. The van der Waals surface area contributed by atoms with E-state index in [1.165, 1.54) is 4.90 Å². The van der Waals surface area contributed by atoms with Crippen LogP contribution in [-0.4, -0.2) is 105 Å². The molecule has 1 aliphatic heterocycles. The third-order valence-electron chi connectivity index (χ3n) is 16.1. The van der Waals surface area contributed by atoms with E-state index < -0.39 is 76.2 Å². The van der Waals surface area contributed by atoms with Crippen molar-refractivity contribution in [1.82, 2.24) is 15.1 Å². The molecular formula is C62H87N5O10Si2. The maximum Gasteiger partial charge on any atom is 0.412 e. The van der Waals surface area contributed by atoms with E-state index in [1.54, 1.807) is 77.8 Å². The molecule has 0 radical (unpaired) electrons. The highest BCUT2D eigenvalue weighted by molar-refractivity contribution is 6.78. The molecule has 1 aliphatic carbocycles. The van der Waals surface area contributed by atoms with Gasteiger partial charge in [-0.3, -0.25) is 24.6 Å². The lowest BCUT2D eigenvalue weighted by Crippen LogP contribution is -2.56. The average Bonchev–Trinajstić information content (AvgIpc) is 4.11. The fourth-order valence-corrected chi connectivity index (χ4v) is 17.4. The Kier molecular flexibility index (Phi) is 19.2. The van der Waals surface area contributed by atoms with Crippen LogP contribution in [0.2, 0.25) is 34.8 Å².